The van der Waals surface area contributed by atoms with Gasteiger partial charge in [-0.3, -0.25) is 0 Å². The highest BCUT2D eigenvalue weighted by Crippen LogP contribution is 2.30. The van der Waals surface area contributed by atoms with E-state index in [1.807, 2.05) is 0 Å². The van der Waals surface area contributed by atoms with E-state index in [9.17, 15) is 15.0 Å². The van der Waals surface area contributed by atoms with Gasteiger partial charge in [-0.05, 0) is 18.2 Å². The smallest absolute Gasteiger partial charge is 0.337 e. The number of carbonyl (C=O) groups excluding carboxylic acids is 1. The molecule has 1 aromatic carbocycles. The fourth-order valence-corrected chi connectivity index (χ4v) is 1.73. The van der Waals surface area contributed by atoms with Crippen LogP contribution in [0.2, 0.25) is 0 Å². The molecule has 0 bridgehead atoms. The van der Waals surface area contributed by atoms with E-state index in [4.69, 9.17) is 4.74 Å². The van der Waals surface area contributed by atoms with E-state index >= 15 is 0 Å². The zero-order valence-corrected chi connectivity index (χ0v) is 11.0. The second-order valence-corrected chi connectivity index (χ2v) is 4.21. The maximum absolute atomic E-state index is 11.1. The Bertz CT molecular complexity index is 407. The molecule has 0 spiro atoms. The van der Waals surface area contributed by atoms with Crippen LogP contribution in [-0.2, 0) is 9.53 Å². The predicted octanol–water partition coefficient (Wildman–Crippen LogP) is 1.02. The summed E-state index contributed by atoms with van der Waals surface area (Å²) >= 11 is 3.23. The molecule has 0 fully saturated rings. The second kappa shape index (κ2) is 6.00. The summed E-state index contributed by atoms with van der Waals surface area (Å²) in [5.74, 6) is -0.525. The van der Waals surface area contributed by atoms with Crippen molar-refractivity contribution in [3.05, 3.63) is 28.2 Å². The molecule has 94 valence electrons. The van der Waals surface area contributed by atoms with Crippen LogP contribution >= 0.6 is 15.9 Å². The van der Waals surface area contributed by atoms with Gasteiger partial charge in [0.05, 0.1) is 14.2 Å². The van der Waals surface area contributed by atoms with Gasteiger partial charge in [-0.2, -0.15) is 0 Å². The van der Waals surface area contributed by atoms with Gasteiger partial charge >= 0.3 is 5.97 Å². The number of benzene rings is 1. The summed E-state index contributed by atoms with van der Waals surface area (Å²) in [7, 11) is 2.57. The van der Waals surface area contributed by atoms with Crippen LogP contribution in [0.4, 0.5) is 0 Å². The molecule has 5 nitrogen and oxygen atoms in total. The fourth-order valence-electron chi connectivity index (χ4n) is 1.36. The monoisotopic (exact) mass is 304 g/mol. The van der Waals surface area contributed by atoms with E-state index in [2.05, 4.69) is 20.7 Å². The minimum absolute atomic E-state index is 0.305. The number of carbonyl (C=O) groups is 1. The number of aliphatic hydroxyl groups excluding tert-OH is 2. The summed E-state index contributed by atoms with van der Waals surface area (Å²) in [6, 6.07) is 4.90. The van der Waals surface area contributed by atoms with Gasteiger partial charge in [0.15, 0.2) is 6.10 Å². The molecule has 0 amide bonds. The first-order valence-electron chi connectivity index (χ1n) is 4.78. The molecule has 0 radical (unpaired) electrons. The Hall–Kier alpha value is -1.11. The summed E-state index contributed by atoms with van der Waals surface area (Å²) in [5.41, 5.74) is 0.305. The number of rotatable bonds is 4. The predicted molar refractivity (Wildman–Crippen MR) is 63.7 cm³/mol. The number of aliphatic hydroxyl groups is 2. The summed E-state index contributed by atoms with van der Waals surface area (Å²) in [6.07, 6.45) is -3.06. The Kier molecular flexibility index (Phi) is 4.92. The third kappa shape index (κ3) is 3.18. The Balaban J connectivity index is 3.05. The van der Waals surface area contributed by atoms with Gasteiger partial charge in [0.25, 0.3) is 0 Å². The van der Waals surface area contributed by atoms with E-state index in [1.54, 1.807) is 18.2 Å². The van der Waals surface area contributed by atoms with Crippen molar-refractivity contribution in [3.8, 4) is 5.75 Å². The quantitative estimate of drug-likeness (QED) is 0.813. The van der Waals surface area contributed by atoms with Gasteiger partial charge in [0, 0.05) is 10.0 Å². The maximum Gasteiger partial charge on any atom is 0.337 e. The Morgan fingerprint density at radius 1 is 1.35 bits per heavy atom. The highest BCUT2D eigenvalue weighted by atomic mass is 79.9. The molecule has 6 heteroatoms. The van der Waals surface area contributed by atoms with Crippen molar-refractivity contribution in [2.24, 2.45) is 0 Å². The lowest BCUT2D eigenvalue weighted by Gasteiger charge is -2.18. The SMILES string of the molecule is COC(=O)C(O)C(O)c1cc(Br)ccc1OC. The van der Waals surface area contributed by atoms with Gasteiger partial charge in [0.1, 0.15) is 11.9 Å². The van der Waals surface area contributed by atoms with Crippen molar-refractivity contribution in [2.75, 3.05) is 14.2 Å². The van der Waals surface area contributed by atoms with E-state index in [0.29, 0.717) is 15.8 Å². The van der Waals surface area contributed by atoms with Crippen molar-refractivity contribution in [2.45, 2.75) is 12.2 Å². The zero-order chi connectivity index (χ0) is 13.0. The van der Waals surface area contributed by atoms with Crippen LogP contribution in [0.1, 0.15) is 11.7 Å². The van der Waals surface area contributed by atoms with Crippen LogP contribution in [0, 0.1) is 0 Å². The molecular weight excluding hydrogens is 292 g/mol. The minimum atomic E-state index is -1.65. The third-order valence-electron chi connectivity index (χ3n) is 2.25. The van der Waals surface area contributed by atoms with Crippen LogP contribution in [0.3, 0.4) is 0 Å². The maximum atomic E-state index is 11.1. The highest BCUT2D eigenvalue weighted by molar-refractivity contribution is 9.10. The molecule has 0 saturated carbocycles. The molecule has 0 aliphatic rings. The minimum Gasteiger partial charge on any atom is -0.496 e. The second-order valence-electron chi connectivity index (χ2n) is 3.30. The number of hydrogen-bond donors (Lipinski definition) is 2. The van der Waals surface area contributed by atoms with Gasteiger partial charge in [-0.1, -0.05) is 15.9 Å². The molecule has 17 heavy (non-hydrogen) atoms. The molecule has 0 aliphatic carbocycles. The Morgan fingerprint density at radius 2 is 2.00 bits per heavy atom. The van der Waals surface area contributed by atoms with Crippen molar-refractivity contribution < 1.29 is 24.5 Å². The van der Waals surface area contributed by atoms with Crippen molar-refractivity contribution in [1.82, 2.24) is 0 Å². The molecule has 1 rings (SSSR count). The molecule has 2 N–H and O–H groups in total. The lowest BCUT2D eigenvalue weighted by molar-refractivity contribution is -0.156. The average Bonchev–Trinajstić information content (AvgIpc) is 2.35. The third-order valence-corrected chi connectivity index (χ3v) is 2.75. The van der Waals surface area contributed by atoms with Crippen LogP contribution in [0.25, 0.3) is 0 Å². The molecule has 0 aromatic heterocycles. The van der Waals surface area contributed by atoms with Crippen LogP contribution in [-0.4, -0.2) is 36.5 Å². The normalized spacial score (nSPS) is 13.9. The van der Waals surface area contributed by atoms with Crippen LogP contribution in [0.5, 0.6) is 5.75 Å². The largest absolute Gasteiger partial charge is 0.496 e. The molecule has 0 saturated heterocycles. The molecule has 0 aliphatic heterocycles. The molecule has 2 unspecified atom stereocenters. The van der Waals surface area contributed by atoms with Crippen molar-refractivity contribution in [1.29, 1.82) is 0 Å². The molecular formula is C11H13BrO5. The van der Waals surface area contributed by atoms with Crippen LogP contribution < -0.4 is 4.74 Å². The Morgan fingerprint density at radius 3 is 2.53 bits per heavy atom. The summed E-state index contributed by atoms with van der Waals surface area (Å²) in [4.78, 5) is 11.1. The molecule has 2 atom stereocenters. The average molecular weight is 305 g/mol. The lowest BCUT2D eigenvalue weighted by atomic mass is 10.0. The van der Waals surface area contributed by atoms with Gasteiger partial charge in [-0.15, -0.1) is 0 Å². The first-order valence-corrected chi connectivity index (χ1v) is 5.58. The van der Waals surface area contributed by atoms with E-state index in [1.165, 1.54) is 7.11 Å². The van der Waals surface area contributed by atoms with Crippen molar-refractivity contribution >= 4 is 21.9 Å². The summed E-state index contributed by atoms with van der Waals surface area (Å²) in [5, 5.41) is 19.4. The number of halogens is 1. The lowest BCUT2D eigenvalue weighted by Crippen LogP contribution is -2.29. The topological polar surface area (TPSA) is 76.0 Å². The standard InChI is InChI=1S/C11H13BrO5/c1-16-8-4-3-6(12)5-7(8)9(13)10(14)11(15)17-2/h3-5,9-10,13-14H,1-2H3. The van der Waals surface area contributed by atoms with Gasteiger partial charge < -0.3 is 19.7 Å². The number of methoxy groups -OCH3 is 2. The van der Waals surface area contributed by atoms with E-state index in [0.717, 1.165) is 7.11 Å². The van der Waals surface area contributed by atoms with Crippen molar-refractivity contribution in [3.63, 3.8) is 0 Å². The van der Waals surface area contributed by atoms with E-state index < -0.39 is 18.2 Å². The zero-order valence-electron chi connectivity index (χ0n) is 9.38. The van der Waals surface area contributed by atoms with Gasteiger partial charge in [0.2, 0.25) is 0 Å². The summed E-state index contributed by atoms with van der Waals surface area (Å²) < 4.78 is 10.1. The number of hydrogen-bond acceptors (Lipinski definition) is 5. The fraction of sp³-hybridized carbons (Fsp3) is 0.364. The number of ether oxygens (including phenoxy) is 2. The molecule has 0 heterocycles. The summed E-state index contributed by atoms with van der Waals surface area (Å²) in [6.45, 7) is 0. The number of esters is 1. The Labute approximate surface area is 107 Å². The first kappa shape index (κ1) is 14.0. The van der Waals surface area contributed by atoms with Gasteiger partial charge in [-0.25, -0.2) is 4.79 Å². The first-order chi connectivity index (χ1) is 8.01. The molecule has 1 aromatic rings. The highest BCUT2D eigenvalue weighted by Gasteiger charge is 2.28. The van der Waals surface area contributed by atoms with Crippen LogP contribution in [0.15, 0.2) is 22.7 Å². The van der Waals surface area contributed by atoms with E-state index in [-0.39, 0.29) is 0 Å².